The third-order valence-corrected chi connectivity index (χ3v) is 5.86. The molecule has 8 heteroatoms. The first kappa shape index (κ1) is 19.3. The van der Waals surface area contributed by atoms with Gasteiger partial charge in [-0.05, 0) is 42.3 Å². The van der Waals surface area contributed by atoms with Crippen LogP contribution in [0.25, 0.3) is 0 Å². The third kappa shape index (κ3) is 3.96. The Labute approximate surface area is 170 Å². The van der Waals surface area contributed by atoms with Gasteiger partial charge in [0.05, 0.1) is 5.25 Å². The highest BCUT2D eigenvalue weighted by molar-refractivity contribution is 8.05. The number of nitrogens with zero attached hydrogens (tertiary/aromatic N) is 2. The van der Waals surface area contributed by atoms with Crippen LogP contribution in [0.15, 0.2) is 59.1 Å². The molecule has 0 spiro atoms. The number of primary amides is 1. The quantitative estimate of drug-likeness (QED) is 0.603. The molecule has 0 aliphatic carbocycles. The van der Waals surface area contributed by atoms with E-state index in [2.05, 4.69) is 0 Å². The highest BCUT2D eigenvalue weighted by atomic mass is 35.5. The number of hydrogen-bond donors (Lipinski definition) is 1. The van der Waals surface area contributed by atoms with E-state index in [-0.39, 0.29) is 16.5 Å². The fourth-order valence-corrected chi connectivity index (χ4v) is 4.33. The van der Waals surface area contributed by atoms with E-state index < -0.39 is 11.2 Å². The summed E-state index contributed by atoms with van der Waals surface area (Å²) in [7, 11) is 0. The number of anilines is 1. The van der Waals surface area contributed by atoms with Crippen molar-refractivity contribution in [1.82, 2.24) is 0 Å². The summed E-state index contributed by atoms with van der Waals surface area (Å²) in [5.41, 5.74) is 6.39. The number of halogens is 2. The van der Waals surface area contributed by atoms with Gasteiger partial charge >= 0.3 is 0 Å². The summed E-state index contributed by atoms with van der Waals surface area (Å²) in [4.78, 5) is 26.2. The normalized spacial score (nSPS) is 18.3. The van der Waals surface area contributed by atoms with Gasteiger partial charge in [-0.1, -0.05) is 53.2 Å². The number of hydrogen-bond acceptors (Lipinski definition) is 4. The van der Waals surface area contributed by atoms with Gasteiger partial charge in [-0.25, -0.2) is 0 Å². The van der Waals surface area contributed by atoms with Gasteiger partial charge in [0.1, 0.15) is 16.7 Å². The maximum Gasteiger partial charge on any atom is 0.262 e. The molecule has 0 saturated carbocycles. The fourth-order valence-electron chi connectivity index (χ4n) is 2.69. The van der Waals surface area contributed by atoms with Gasteiger partial charge in [0.2, 0.25) is 5.91 Å². The number of carbonyl (C=O) groups is 2. The Bertz CT molecular complexity index is 983. The van der Waals surface area contributed by atoms with E-state index in [4.69, 9.17) is 28.9 Å². The van der Waals surface area contributed by atoms with E-state index >= 15 is 0 Å². The van der Waals surface area contributed by atoms with Crippen molar-refractivity contribution in [3.05, 3.63) is 74.7 Å². The molecular formula is C19H13Cl2N3O2S. The van der Waals surface area contributed by atoms with Crippen molar-refractivity contribution in [2.45, 2.75) is 11.7 Å². The predicted molar refractivity (Wildman–Crippen MR) is 107 cm³/mol. The molecule has 5 nitrogen and oxygen atoms in total. The van der Waals surface area contributed by atoms with Crippen LogP contribution >= 0.6 is 35.0 Å². The molecule has 0 aromatic heterocycles. The second-order valence-electron chi connectivity index (χ2n) is 5.71. The predicted octanol–water partition coefficient (Wildman–Crippen LogP) is 3.90. The smallest absolute Gasteiger partial charge is 0.262 e. The van der Waals surface area contributed by atoms with E-state index in [0.29, 0.717) is 22.2 Å². The van der Waals surface area contributed by atoms with Crippen molar-refractivity contribution in [2.24, 2.45) is 5.73 Å². The molecule has 0 bridgehead atoms. The SMILES string of the molecule is N#C/C(C(N)=O)=C1/S[C@@H](Cc2ccccc2Cl)C(=O)N1c1ccc(Cl)cc1. The number of benzene rings is 2. The Kier molecular flexibility index (Phi) is 5.76. The van der Waals surface area contributed by atoms with E-state index in [1.54, 1.807) is 30.3 Å². The number of thioether (sulfide) groups is 1. The second kappa shape index (κ2) is 8.05. The summed E-state index contributed by atoms with van der Waals surface area (Å²) in [6.07, 6.45) is 0.355. The van der Waals surface area contributed by atoms with Crippen molar-refractivity contribution >= 4 is 52.5 Å². The number of rotatable bonds is 4. The Morgan fingerprint density at radius 2 is 1.85 bits per heavy atom. The maximum absolute atomic E-state index is 13.1. The lowest BCUT2D eigenvalue weighted by Crippen LogP contribution is -2.31. The summed E-state index contributed by atoms with van der Waals surface area (Å²) >= 11 is 13.3. The molecule has 3 rings (SSSR count). The Hall–Kier alpha value is -2.46. The van der Waals surface area contributed by atoms with E-state index in [1.807, 2.05) is 24.3 Å². The van der Waals surface area contributed by atoms with Crippen molar-refractivity contribution in [3.8, 4) is 6.07 Å². The molecule has 136 valence electrons. The van der Waals surface area contributed by atoms with E-state index in [1.165, 1.54) is 4.90 Å². The van der Waals surface area contributed by atoms with Crippen LogP contribution in [-0.2, 0) is 16.0 Å². The maximum atomic E-state index is 13.1. The summed E-state index contributed by atoms with van der Waals surface area (Å²) in [5, 5.41) is 10.1. The molecule has 2 aromatic carbocycles. The van der Waals surface area contributed by atoms with Crippen LogP contribution in [0.2, 0.25) is 10.0 Å². The minimum absolute atomic E-state index is 0.217. The first-order valence-electron chi connectivity index (χ1n) is 7.86. The lowest BCUT2D eigenvalue weighted by atomic mass is 10.1. The minimum atomic E-state index is -0.884. The highest BCUT2D eigenvalue weighted by Crippen LogP contribution is 2.42. The lowest BCUT2D eigenvalue weighted by Gasteiger charge is -2.18. The van der Waals surface area contributed by atoms with Crippen LogP contribution in [-0.4, -0.2) is 17.1 Å². The van der Waals surface area contributed by atoms with Crippen molar-refractivity contribution in [2.75, 3.05) is 4.90 Å². The summed E-state index contributed by atoms with van der Waals surface area (Å²) in [6.45, 7) is 0. The summed E-state index contributed by atoms with van der Waals surface area (Å²) in [5.74, 6) is -1.14. The Balaban J connectivity index is 2.05. The highest BCUT2D eigenvalue weighted by Gasteiger charge is 2.40. The lowest BCUT2D eigenvalue weighted by molar-refractivity contribution is -0.117. The molecule has 1 aliphatic heterocycles. The van der Waals surface area contributed by atoms with Crippen molar-refractivity contribution in [1.29, 1.82) is 5.26 Å². The molecule has 2 amide bonds. The van der Waals surface area contributed by atoms with Crippen LogP contribution in [0.1, 0.15) is 5.56 Å². The van der Waals surface area contributed by atoms with Crippen LogP contribution in [0.3, 0.4) is 0 Å². The van der Waals surface area contributed by atoms with E-state index in [9.17, 15) is 14.9 Å². The zero-order valence-corrected chi connectivity index (χ0v) is 16.2. The number of nitrogens with two attached hydrogens (primary N) is 1. The minimum Gasteiger partial charge on any atom is -0.365 e. The fraction of sp³-hybridized carbons (Fsp3) is 0.105. The molecule has 1 heterocycles. The molecule has 0 unspecified atom stereocenters. The molecular weight excluding hydrogens is 405 g/mol. The number of nitriles is 1. The molecule has 1 aliphatic rings. The average molecular weight is 418 g/mol. The number of amides is 2. The molecule has 1 atom stereocenters. The van der Waals surface area contributed by atoms with Crippen molar-refractivity contribution in [3.63, 3.8) is 0 Å². The summed E-state index contributed by atoms with van der Waals surface area (Å²) < 4.78 is 0. The zero-order valence-electron chi connectivity index (χ0n) is 13.9. The van der Waals surface area contributed by atoms with Crippen LogP contribution in [0, 0.1) is 11.3 Å². The Morgan fingerprint density at radius 3 is 2.44 bits per heavy atom. The largest absolute Gasteiger partial charge is 0.365 e. The summed E-state index contributed by atoms with van der Waals surface area (Å²) in [6, 6.07) is 15.6. The van der Waals surface area contributed by atoms with Gasteiger partial charge in [-0.15, -0.1) is 0 Å². The first-order chi connectivity index (χ1) is 12.9. The van der Waals surface area contributed by atoms with Gasteiger partial charge in [0.25, 0.3) is 5.91 Å². The standard InChI is InChI=1S/C19H13Cl2N3O2S/c20-12-5-7-13(8-6-12)24-18(26)16(9-11-3-1-2-4-15(11)21)27-19(24)14(10-22)17(23)25/h1-8,16H,9H2,(H2,23,25)/b19-14-/t16-/m0/s1. The third-order valence-electron chi connectivity index (χ3n) is 3.97. The Morgan fingerprint density at radius 1 is 1.19 bits per heavy atom. The first-order valence-corrected chi connectivity index (χ1v) is 9.49. The second-order valence-corrected chi connectivity index (χ2v) is 7.74. The van der Waals surface area contributed by atoms with Crippen molar-refractivity contribution < 1.29 is 9.59 Å². The zero-order chi connectivity index (χ0) is 19.6. The van der Waals surface area contributed by atoms with Crippen LogP contribution < -0.4 is 10.6 Å². The van der Waals surface area contributed by atoms with Gasteiger partial charge < -0.3 is 5.73 Å². The molecule has 27 heavy (non-hydrogen) atoms. The molecule has 1 saturated heterocycles. The van der Waals surface area contributed by atoms with Gasteiger partial charge in [0.15, 0.2) is 0 Å². The molecule has 0 radical (unpaired) electrons. The van der Waals surface area contributed by atoms with Crippen LogP contribution in [0.5, 0.6) is 0 Å². The van der Waals surface area contributed by atoms with Gasteiger partial charge in [-0.2, -0.15) is 5.26 Å². The number of carbonyl (C=O) groups excluding carboxylic acids is 2. The van der Waals surface area contributed by atoms with E-state index in [0.717, 1.165) is 17.3 Å². The van der Waals surface area contributed by atoms with Gasteiger partial charge in [0, 0.05) is 15.7 Å². The van der Waals surface area contributed by atoms with Crippen LogP contribution in [0.4, 0.5) is 5.69 Å². The topological polar surface area (TPSA) is 87.2 Å². The van der Waals surface area contributed by atoms with Gasteiger partial charge in [-0.3, -0.25) is 14.5 Å². The monoisotopic (exact) mass is 417 g/mol. The molecule has 1 fully saturated rings. The average Bonchev–Trinajstić information content (AvgIpc) is 2.94. The molecule has 2 aromatic rings. The molecule has 2 N–H and O–H groups in total.